The molecule has 0 bridgehead atoms. The number of hydrogen-bond acceptors (Lipinski definition) is 8. The van der Waals surface area contributed by atoms with Crippen LogP contribution in [0.2, 0.25) is 0 Å². The molecule has 0 unspecified atom stereocenters. The highest BCUT2D eigenvalue weighted by molar-refractivity contribution is 5.98. The molecule has 38 heavy (non-hydrogen) atoms. The molecule has 0 spiro atoms. The lowest BCUT2D eigenvalue weighted by atomic mass is 10.1. The largest absolute Gasteiger partial charge is 0.478 e. The van der Waals surface area contributed by atoms with Crippen LogP contribution in [0.15, 0.2) is 83.7 Å². The van der Waals surface area contributed by atoms with Crippen LogP contribution in [0.4, 0.5) is 15.9 Å². The van der Waals surface area contributed by atoms with E-state index in [2.05, 4.69) is 25.5 Å². The molecule has 192 valence electrons. The maximum atomic E-state index is 14.3. The minimum atomic E-state index is -1.19. The monoisotopic (exact) mass is 513 g/mol. The minimum Gasteiger partial charge on any atom is -0.478 e. The van der Waals surface area contributed by atoms with E-state index < -0.39 is 11.5 Å². The summed E-state index contributed by atoms with van der Waals surface area (Å²) in [7, 11) is 0. The van der Waals surface area contributed by atoms with Gasteiger partial charge in [-0.15, -0.1) is 0 Å². The van der Waals surface area contributed by atoms with Crippen molar-refractivity contribution < 1.29 is 18.4 Å². The first-order valence-electron chi connectivity index (χ1n) is 11.7. The second kappa shape index (κ2) is 10.1. The smallest absolute Gasteiger partial charge is 0.268 e. The number of benzene rings is 2. The number of carbonyl (C=O) groups excluding carboxylic acids is 1. The molecule has 0 fully saturated rings. The van der Waals surface area contributed by atoms with Crippen molar-refractivity contribution in [1.82, 2.24) is 24.9 Å². The Hall–Kier alpha value is -5.06. The molecule has 11 heteroatoms. The second-order valence-electron chi connectivity index (χ2n) is 8.92. The summed E-state index contributed by atoms with van der Waals surface area (Å²) < 4.78 is 26.7. The second-order valence-corrected chi connectivity index (χ2v) is 8.92. The zero-order chi connectivity index (χ0) is 26.7. The Morgan fingerprint density at radius 1 is 1.11 bits per heavy atom. The van der Waals surface area contributed by atoms with E-state index in [9.17, 15) is 9.18 Å². The van der Waals surface area contributed by atoms with Gasteiger partial charge in [0.2, 0.25) is 0 Å². The number of carbonyl (C=O) groups is 1. The van der Waals surface area contributed by atoms with E-state index >= 15 is 0 Å². The minimum absolute atomic E-state index is 0.0468. The Balaban J connectivity index is 1.39. The first kappa shape index (κ1) is 24.6. The molecule has 10 nitrogen and oxygen atoms in total. The topological polar surface area (TPSA) is 134 Å². The van der Waals surface area contributed by atoms with E-state index in [4.69, 9.17) is 15.0 Å². The van der Waals surface area contributed by atoms with Crippen molar-refractivity contribution in [2.24, 2.45) is 0 Å². The molecule has 0 atom stereocenters. The molecule has 3 heterocycles. The summed E-state index contributed by atoms with van der Waals surface area (Å²) in [5.41, 5.74) is 7.13. The zero-order valence-corrected chi connectivity index (χ0v) is 20.6. The maximum Gasteiger partial charge on any atom is 0.268 e. The van der Waals surface area contributed by atoms with Gasteiger partial charge in [0.05, 0.1) is 18.4 Å². The molecule has 2 aromatic carbocycles. The quantitative estimate of drug-likeness (QED) is 0.308. The van der Waals surface area contributed by atoms with Gasteiger partial charge in [-0.3, -0.25) is 9.48 Å². The summed E-state index contributed by atoms with van der Waals surface area (Å²) >= 11 is 0. The molecule has 1 amide bonds. The Labute approximate surface area is 217 Å². The lowest BCUT2D eigenvalue weighted by molar-refractivity contribution is -0.128. The van der Waals surface area contributed by atoms with Crippen LogP contribution in [-0.4, -0.2) is 36.4 Å². The predicted octanol–water partition coefficient (Wildman–Crippen LogP) is 4.56. The number of aromatic nitrogens is 5. The van der Waals surface area contributed by atoms with Crippen molar-refractivity contribution in [3.05, 3.63) is 90.6 Å². The van der Waals surface area contributed by atoms with Crippen molar-refractivity contribution in [2.75, 3.05) is 11.1 Å². The van der Waals surface area contributed by atoms with Gasteiger partial charge in [0.15, 0.2) is 17.2 Å². The molecule has 0 aliphatic heterocycles. The lowest BCUT2D eigenvalue weighted by Gasteiger charge is -2.25. The molecule has 0 aliphatic rings. The van der Waals surface area contributed by atoms with Crippen molar-refractivity contribution in [3.63, 3.8) is 0 Å². The van der Waals surface area contributed by atoms with Crippen LogP contribution in [0.1, 0.15) is 19.4 Å². The number of hydrogen-bond donors (Lipinski definition) is 2. The van der Waals surface area contributed by atoms with Gasteiger partial charge in [0, 0.05) is 11.6 Å². The third kappa shape index (κ3) is 5.21. The van der Waals surface area contributed by atoms with Crippen molar-refractivity contribution >= 4 is 17.4 Å². The van der Waals surface area contributed by atoms with Gasteiger partial charge in [0.25, 0.3) is 5.91 Å². The standard InChI is InChI=1S/C27H24FN7O3/c1-27(2,38-18-9-4-3-5-10-18)26(36)31-22-15-30-25(32-24(22)29)21-14-23(20-12-13-37-34-20)35(33-21)16-17-8-6-7-11-19(17)28/h3-15H,16H2,1-2H3,(H,31,36)(H2,29,30,32). The number of halogens is 1. The fraction of sp³-hybridized carbons (Fsp3) is 0.148. The molecular weight excluding hydrogens is 489 g/mol. The summed E-state index contributed by atoms with van der Waals surface area (Å²) in [6, 6.07) is 18.8. The number of nitrogens with two attached hydrogens (primary N) is 1. The Morgan fingerprint density at radius 3 is 2.58 bits per heavy atom. The van der Waals surface area contributed by atoms with Gasteiger partial charge in [-0.05, 0) is 38.1 Å². The molecule has 5 rings (SSSR count). The fourth-order valence-electron chi connectivity index (χ4n) is 3.70. The van der Waals surface area contributed by atoms with E-state index in [1.807, 2.05) is 18.2 Å². The van der Waals surface area contributed by atoms with Crippen LogP contribution in [0, 0.1) is 5.82 Å². The fourth-order valence-corrected chi connectivity index (χ4v) is 3.70. The van der Waals surface area contributed by atoms with Crippen molar-refractivity contribution in [2.45, 2.75) is 26.0 Å². The molecule has 5 aromatic rings. The molecule has 0 saturated carbocycles. The van der Waals surface area contributed by atoms with Gasteiger partial charge in [-0.1, -0.05) is 41.6 Å². The maximum absolute atomic E-state index is 14.3. The average molecular weight is 514 g/mol. The van der Waals surface area contributed by atoms with Gasteiger partial charge in [-0.25, -0.2) is 14.4 Å². The van der Waals surface area contributed by atoms with E-state index in [-0.39, 0.29) is 29.7 Å². The molecule has 3 aromatic heterocycles. The number of amides is 1. The summed E-state index contributed by atoms with van der Waals surface area (Å²) in [6.07, 6.45) is 2.84. The number of anilines is 2. The van der Waals surface area contributed by atoms with Crippen LogP contribution in [-0.2, 0) is 11.3 Å². The third-order valence-electron chi connectivity index (χ3n) is 5.72. The molecule has 0 aliphatic carbocycles. The summed E-state index contributed by atoms with van der Waals surface area (Å²) in [6.45, 7) is 3.44. The predicted molar refractivity (Wildman–Crippen MR) is 138 cm³/mol. The third-order valence-corrected chi connectivity index (χ3v) is 5.72. The van der Waals surface area contributed by atoms with Crippen LogP contribution in [0.5, 0.6) is 5.75 Å². The SMILES string of the molecule is CC(C)(Oc1ccccc1)C(=O)Nc1cnc(-c2cc(-c3ccon3)n(Cc3ccccc3F)n2)nc1N. The first-order valence-corrected chi connectivity index (χ1v) is 11.7. The van der Waals surface area contributed by atoms with Crippen LogP contribution in [0.25, 0.3) is 22.9 Å². The van der Waals surface area contributed by atoms with E-state index in [0.717, 1.165) is 0 Å². The van der Waals surface area contributed by atoms with Gasteiger partial charge < -0.3 is 20.3 Å². The number of nitrogens with zero attached hydrogens (tertiary/aromatic N) is 5. The first-order chi connectivity index (χ1) is 18.3. The van der Waals surface area contributed by atoms with E-state index in [1.54, 1.807) is 61.0 Å². The molecule has 3 N–H and O–H groups in total. The number of nitrogen functional groups attached to an aromatic ring is 1. The van der Waals surface area contributed by atoms with E-state index in [1.165, 1.54) is 18.5 Å². The summed E-state index contributed by atoms with van der Waals surface area (Å²) in [5, 5.41) is 11.3. The Morgan fingerprint density at radius 2 is 1.87 bits per heavy atom. The average Bonchev–Trinajstić information content (AvgIpc) is 3.57. The number of para-hydroxylation sites is 1. The summed E-state index contributed by atoms with van der Waals surface area (Å²) in [5.74, 6) is 0.0474. The van der Waals surface area contributed by atoms with Gasteiger partial charge in [0.1, 0.15) is 34.9 Å². The Bertz CT molecular complexity index is 1570. The highest BCUT2D eigenvalue weighted by Crippen LogP contribution is 2.27. The molecule has 0 radical (unpaired) electrons. The van der Waals surface area contributed by atoms with Crippen molar-refractivity contribution in [3.8, 4) is 28.7 Å². The van der Waals surface area contributed by atoms with Crippen LogP contribution in [0.3, 0.4) is 0 Å². The molecule has 0 saturated heterocycles. The van der Waals surface area contributed by atoms with Crippen LogP contribution >= 0.6 is 0 Å². The van der Waals surface area contributed by atoms with E-state index in [0.29, 0.717) is 28.4 Å². The molecular formula is C27H24FN7O3. The normalized spacial score (nSPS) is 11.3. The zero-order valence-electron chi connectivity index (χ0n) is 20.6. The Kier molecular flexibility index (Phi) is 6.56. The lowest BCUT2D eigenvalue weighted by Crippen LogP contribution is -2.42. The number of rotatable bonds is 8. The van der Waals surface area contributed by atoms with Crippen LogP contribution < -0.4 is 15.8 Å². The number of nitrogens with one attached hydrogen (secondary N) is 1. The van der Waals surface area contributed by atoms with Crippen molar-refractivity contribution in [1.29, 1.82) is 0 Å². The highest BCUT2D eigenvalue weighted by Gasteiger charge is 2.31. The van der Waals surface area contributed by atoms with Gasteiger partial charge >= 0.3 is 0 Å². The summed E-state index contributed by atoms with van der Waals surface area (Å²) in [4.78, 5) is 21.6. The van der Waals surface area contributed by atoms with Gasteiger partial charge in [-0.2, -0.15) is 5.10 Å². The number of ether oxygens (including phenoxy) is 1. The highest BCUT2D eigenvalue weighted by atomic mass is 19.1.